The molecular formula is C21H22F2N2O3. The number of aliphatic hydroxyl groups excluding tert-OH is 1. The Labute approximate surface area is 162 Å². The average Bonchev–Trinajstić information content (AvgIpc) is 3.08. The molecule has 1 atom stereocenters. The van der Waals surface area contributed by atoms with E-state index in [9.17, 15) is 18.7 Å². The lowest BCUT2D eigenvalue weighted by Crippen LogP contribution is -2.46. The van der Waals surface area contributed by atoms with Crippen LogP contribution in [0.5, 0.6) is 0 Å². The van der Waals surface area contributed by atoms with Gasteiger partial charge in [0.1, 0.15) is 11.6 Å². The maximum Gasteiger partial charge on any atom is 0.249 e. The molecule has 3 rings (SSSR count). The van der Waals surface area contributed by atoms with Crippen LogP contribution < -0.4 is 0 Å². The molecule has 7 heteroatoms. The van der Waals surface area contributed by atoms with Gasteiger partial charge in [0, 0.05) is 24.5 Å². The quantitative estimate of drug-likeness (QED) is 0.820. The van der Waals surface area contributed by atoms with E-state index in [-0.39, 0.29) is 30.4 Å². The largest absolute Gasteiger partial charge is 0.443 e. The van der Waals surface area contributed by atoms with Crippen molar-refractivity contribution in [1.29, 1.82) is 0 Å². The molecule has 28 heavy (non-hydrogen) atoms. The first-order valence-corrected chi connectivity index (χ1v) is 9.12. The van der Waals surface area contributed by atoms with Crippen molar-refractivity contribution < 1.29 is 23.4 Å². The molecule has 1 aliphatic rings. The monoisotopic (exact) mass is 388 g/mol. The molecule has 0 fully saturated rings. The van der Waals surface area contributed by atoms with E-state index in [2.05, 4.69) is 5.10 Å². The van der Waals surface area contributed by atoms with Crippen molar-refractivity contribution in [3.63, 3.8) is 0 Å². The number of ether oxygens (including phenoxy) is 1. The van der Waals surface area contributed by atoms with Gasteiger partial charge in [-0.2, -0.15) is 5.01 Å². The van der Waals surface area contributed by atoms with Gasteiger partial charge < -0.3 is 9.84 Å². The molecule has 2 aromatic carbocycles. The van der Waals surface area contributed by atoms with Crippen LogP contribution in [-0.4, -0.2) is 28.5 Å². The molecular weight excluding hydrogens is 366 g/mol. The Bertz CT molecular complexity index is 886. The van der Waals surface area contributed by atoms with Gasteiger partial charge in [0.15, 0.2) is 0 Å². The summed E-state index contributed by atoms with van der Waals surface area (Å²) in [5.74, 6) is -2.25. The Morgan fingerprint density at radius 1 is 1.21 bits per heavy atom. The van der Waals surface area contributed by atoms with Crippen LogP contribution in [0, 0.1) is 17.6 Å². The zero-order chi connectivity index (χ0) is 20.3. The van der Waals surface area contributed by atoms with E-state index in [1.54, 1.807) is 38.1 Å². The Balaban J connectivity index is 2.15. The van der Waals surface area contributed by atoms with Gasteiger partial charge >= 0.3 is 0 Å². The van der Waals surface area contributed by atoms with Gasteiger partial charge in [0.25, 0.3) is 0 Å². The summed E-state index contributed by atoms with van der Waals surface area (Å²) in [5, 5.41) is 14.8. The molecule has 0 saturated heterocycles. The highest BCUT2D eigenvalue weighted by atomic mass is 19.1. The predicted octanol–water partition coefficient (Wildman–Crippen LogP) is 3.77. The van der Waals surface area contributed by atoms with E-state index in [1.165, 1.54) is 5.01 Å². The van der Waals surface area contributed by atoms with E-state index in [0.29, 0.717) is 12.0 Å². The Hall–Kier alpha value is -2.80. The Kier molecular flexibility index (Phi) is 5.74. The number of carbonyl (C=O) groups is 1. The molecule has 0 radical (unpaired) electrons. The van der Waals surface area contributed by atoms with Crippen LogP contribution >= 0.6 is 0 Å². The molecule has 1 aliphatic heterocycles. The molecule has 148 valence electrons. The van der Waals surface area contributed by atoms with Crippen LogP contribution in [-0.2, 0) is 15.3 Å². The van der Waals surface area contributed by atoms with Crippen molar-refractivity contribution in [2.24, 2.45) is 11.0 Å². The molecule has 0 aromatic heterocycles. The molecule has 1 unspecified atom stereocenters. The number of carbonyl (C=O) groups excluding carboxylic acids is 1. The summed E-state index contributed by atoms with van der Waals surface area (Å²) in [6.45, 7) is 3.33. The Morgan fingerprint density at radius 3 is 2.57 bits per heavy atom. The van der Waals surface area contributed by atoms with E-state index in [4.69, 9.17) is 4.74 Å². The summed E-state index contributed by atoms with van der Waals surface area (Å²) in [7, 11) is 0. The zero-order valence-corrected chi connectivity index (χ0v) is 15.7. The molecule has 5 nitrogen and oxygen atoms in total. The third kappa shape index (κ3) is 3.62. The smallest absolute Gasteiger partial charge is 0.249 e. The lowest BCUT2D eigenvalue weighted by atomic mass is 9.95. The maximum atomic E-state index is 14.3. The predicted molar refractivity (Wildman–Crippen MR) is 100 cm³/mol. The normalized spacial score (nSPS) is 18.9. The first-order chi connectivity index (χ1) is 13.4. The Morgan fingerprint density at radius 2 is 1.93 bits per heavy atom. The van der Waals surface area contributed by atoms with Gasteiger partial charge in [-0.3, -0.25) is 4.79 Å². The molecule has 2 aromatic rings. The molecule has 0 spiro atoms. The maximum absolute atomic E-state index is 14.3. The third-order valence-electron chi connectivity index (χ3n) is 4.56. The lowest BCUT2D eigenvalue weighted by molar-refractivity contribution is -0.156. The number of hydrogen-bond acceptors (Lipinski definition) is 4. The highest BCUT2D eigenvalue weighted by Crippen LogP contribution is 2.41. The van der Waals surface area contributed by atoms with E-state index in [1.807, 2.05) is 6.07 Å². The van der Waals surface area contributed by atoms with E-state index < -0.39 is 23.3 Å². The molecule has 0 bridgehead atoms. The summed E-state index contributed by atoms with van der Waals surface area (Å²) in [6.07, 6.45) is 0.557. The van der Waals surface area contributed by atoms with Crippen molar-refractivity contribution >= 4 is 11.8 Å². The second kappa shape index (κ2) is 8.06. The van der Waals surface area contributed by atoms with Crippen LogP contribution in [0.25, 0.3) is 0 Å². The highest BCUT2D eigenvalue weighted by molar-refractivity contribution is 5.97. The summed E-state index contributed by atoms with van der Waals surface area (Å²) >= 11 is 0. The summed E-state index contributed by atoms with van der Waals surface area (Å²) in [6, 6.07) is 11.9. The lowest BCUT2D eigenvalue weighted by Gasteiger charge is -2.36. The van der Waals surface area contributed by atoms with Crippen molar-refractivity contribution in [3.8, 4) is 0 Å². The van der Waals surface area contributed by atoms with Crippen LogP contribution in [0.2, 0.25) is 0 Å². The van der Waals surface area contributed by atoms with Crippen LogP contribution in [0.1, 0.15) is 37.8 Å². The molecule has 1 N–H and O–H groups in total. The number of hydrazone groups is 1. The fraction of sp³-hybridized carbons (Fsp3) is 0.333. The standard InChI is InChI=1S/C21H22F2N2O3/c1-14(2)20(27)25-21(11-6-12-26,15-7-4-3-5-8-15)28-19(24-25)17-13-16(22)9-10-18(17)23/h3-5,7-10,13-14,26H,6,11-12H2,1-2H3. The topological polar surface area (TPSA) is 62.1 Å². The minimum Gasteiger partial charge on any atom is -0.443 e. The number of rotatable bonds is 6. The minimum absolute atomic E-state index is 0.120. The van der Waals surface area contributed by atoms with Crippen LogP contribution in [0.3, 0.4) is 0 Å². The number of aliphatic hydroxyl groups is 1. The van der Waals surface area contributed by atoms with Crippen molar-refractivity contribution in [2.45, 2.75) is 32.4 Å². The number of halogens is 2. The molecule has 1 heterocycles. The first-order valence-electron chi connectivity index (χ1n) is 9.12. The number of amides is 1. The minimum atomic E-state index is -1.35. The SMILES string of the molecule is CC(C)C(=O)N1N=C(c2cc(F)ccc2F)OC1(CCCO)c1ccccc1. The third-order valence-corrected chi connectivity index (χ3v) is 4.56. The van der Waals surface area contributed by atoms with Crippen molar-refractivity contribution in [3.05, 3.63) is 71.3 Å². The fourth-order valence-electron chi connectivity index (χ4n) is 3.14. The van der Waals surface area contributed by atoms with Gasteiger partial charge in [-0.05, 0) is 24.6 Å². The number of hydrogen-bond donors (Lipinski definition) is 1. The van der Waals surface area contributed by atoms with Gasteiger partial charge in [-0.15, -0.1) is 5.10 Å². The van der Waals surface area contributed by atoms with E-state index >= 15 is 0 Å². The summed E-state index contributed by atoms with van der Waals surface area (Å²) < 4.78 is 34.1. The van der Waals surface area contributed by atoms with Gasteiger partial charge in [-0.25, -0.2) is 8.78 Å². The number of nitrogens with zero attached hydrogens (tertiary/aromatic N) is 2. The van der Waals surface area contributed by atoms with Gasteiger partial charge in [0.2, 0.25) is 17.5 Å². The molecule has 0 aliphatic carbocycles. The highest BCUT2D eigenvalue weighted by Gasteiger charge is 2.50. The van der Waals surface area contributed by atoms with Gasteiger partial charge in [0.05, 0.1) is 5.56 Å². The van der Waals surface area contributed by atoms with Crippen LogP contribution in [0.4, 0.5) is 8.78 Å². The summed E-state index contributed by atoms with van der Waals surface area (Å²) in [4.78, 5) is 12.9. The molecule has 1 amide bonds. The number of benzene rings is 2. The second-order valence-corrected chi connectivity index (χ2v) is 6.91. The average molecular weight is 388 g/mol. The molecule has 0 saturated carbocycles. The zero-order valence-electron chi connectivity index (χ0n) is 15.7. The second-order valence-electron chi connectivity index (χ2n) is 6.91. The van der Waals surface area contributed by atoms with Crippen molar-refractivity contribution in [1.82, 2.24) is 5.01 Å². The van der Waals surface area contributed by atoms with Crippen LogP contribution in [0.15, 0.2) is 53.6 Å². The van der Waals surface area contributed by atoms with E-state index in [0.717, 1.165) is 18.2 Å². The van der Waals surface area contributed by atoms with Gasteiger partial charge in [-0.1, -0.05) is 44.2 Å². The summed E-state index contributed by atoms with van der Waals surface area (Å²) in [5.41, 5.74) is -0.879. The van der Waals surface area contributed by atoms with Crippen molar-refractivity contribution in [2.75, 3.05) is 6.61 Å². The first kappa shape index (κ1) is 19.9. The fourth-order valence-corrected chi connectivity index (χ4v) is 3.14.